The monoisotopic (exact) mass is 194 g/mol. The van der Waals surface area contributed by atoms with Crippen molar-refractivity contribution in [3.8, 4) is 0 Å². The topological polar surface area (TPSA) is 57.5 Å². The molecule has 0 aliphatic heterocycles. The van der Waals surface area contributed by atoms with Crippen molar-refractivity contribution in [2.24, 2.45) is 0 Å². The molecule has 4 nitrogen and oxygen atoms in total. The number of hydrogen-bond donors (Lipinski definition) is 2. The van der Waals surface area contributed by atoms with E-state index in [9.17, 15) is 4.57 Å². The zero-order valence-electron chi connectivity index (χ0n) is 7.60. The second kappa shape index (κ2) is 4.19. The molecule has 0 aromatic rings. The predicted octanol–water partition coefficient (Wildman–Crippen LogP) is 0.426. The maximum Gasteiger partial charge on any atom is 0.331 e. The minimum absolute atomic E-state index is 0.0617. The van der Waals surface area contributed by atoms with E-state index >= 15 is 0 Å². The molecule has 72 valence electrons. The van der Waals surface area contributed by atoms with Gasteiger partial charge in [0.2, 0.25) is 0 Å². The Balaban J connectivity index is 3.91. The fourth-order valence-electron chi connectivity index (χ4n) is 0.842. The van der Waals surface area contributed by atoms with Crippen LogP contribution in [-0.4, -0.2) is 47.6 Å². The summed E-state index contributed by atoms with van der Waals surface area (Å²) in [5.74, 6) is 0. The van der Waals surface area contributed by atoms with Crippen LogP contribution in [0, 0.1) is 0 Å². The molecule has 0 rings (SSSR count). The fourth-order valence-corrected chi connectivity index (χ4v) is 1.64. The number of nitrogens with zero attached hydrogens (tertiary/aromatic N) is 1. The molecule has 0 saturated heterocycles. The maximum absolute atomic E-state index is 10.5. The van der Waals surface area contributed by atoms with Crippen LogP contribution in [0.4, 0.5) is 0 Å². The van der Waals surface area contributed by atoms with Crippen LogP contribution < -0.4 is 0 Å². The first kappa shape index (κ1) is 11.8. The Hall–Kier alpha value is -0.150. The first-order chi connectivity index (χ1) is 5.27. The van der Waals surface area contributed by atoms with Crippen LogP contribution in [0.25, 0.3) is 0 Å². The van der Waals surface area contributed by atoms with Crippen molar-refractivity contribution >= 4 is 7.60 Å². The molecule has 0 amide bonds. The Kier molecular flexibility index (Phi) is 4.14. The highest BCUT2D eigenvalue weighted by Crippen LogP contribution is 2.34. The van der Waals surface area contributed by atoms with E-state index < -0.39 is 7.60 Å². The average Bonchev–Trinajstić information content (AvgIpc) is 1.83. The second-order valence-electron chi connectivity index (χ2n) is 3.52. The third-order valence-electron chi connectivity index (χ3n) is 1.62. The van der Waals surface area contributed by atoms with Crippen molar-refractivity contribution in [3.63, 3.8) is 0 Å². The van der Waals surface area contributed by atoms with Gasteiger partial charge < -0.3 is 14.3 Å². The van der Waals surface area contributed by atoms with Gasteiger partial charge in [-0.1, -0.05) is 6.58 Å². The molecule has 12 heavy (non-hydrogen) atoms. The smallest absolute Gasteiger partial charge is 0.325 e. The van der Waals surface area contributed by atoms with Crippen LogP contribution in [-0.2, 0) is 4.57 Å². The highest BCUT2D eigenvalue weighted by molar-refractivity contribution is 7.51. The van der Waals surface area contributed by atoms with Gasteiger partial charge in [0.25, 0.3) is 0 Å². The second-order valence-corrected chi connectivity index (χ2v) is 5.30. The summed E-state index contributed by atoms with van der Waals surface area (Å²) >= 11 is 0. The fraction of sp³-hybridized carbons (Fsp3) is 0.714. The van der Waals surface area contributed by atoms with E-state index in [1.165, 1.54) is 0 Å². The molecule has 0 aliphatic carbocycles. The van der Waals surface area contributed by atoms with Crippen molar-refractivity contribution in [1.29, 1.82) is 0 Å². The van der Waals surface area contributed by atoms with Crippen LogP contribution in [0.5, 0.6) is 0 Å². The summed E-state index contributed by atoms with van der Waals surface area (Å²) in [6.45, 7) is 4.77. The van der Waals surface area contributed by atoms with Gasteiger partial charge in [0, 0.05) is 0 Å². The number of quaternary nitrogens is 1. The molecule has 0 unspecified atom stereocenters. The third-order valence-corrected chi connectivity index (χ3v) is 2.40. The summed E-state index contributed by atoms with van der Waals surface area (Å²) < 4.78 is 11.1. The van der Waals surface area contributed by atoms with E-state index in [1.54, 1.807) is 6.08 Å². The van der Waals surface area contributed by atoms with Gasteiger partial charge in [-0.2, -0.15) is 0 Å². The molecule has 0 aromatic heterocycles. The Bertz CT molecular complexity index is 197. The van der Waals surface area contributed by atoms with Crippen LogP contribution in [0.1, 0.15) is 0 Å². The number of rotatable bonds is 5. The Morgan fingerprint density at radius 2 is 2.00 bits per heavy atom. The van der Waals surface area contributed by atoms with Gasteiger partial charge in [-0.25, -0.2) is 0 Å². The van der Waals surface area contributed by atoms with Gasteiger partial charge in [-0.05, 0) is 6.08 Å². The van der Waals surface area contributed by atoms with Gasteiger partial charge in [-0.15, -0.1) is 0 Å². The molecule has 0 fully saturated rings. The van der Waals surface area contributed by atoms with Gasteiger partial charge in [-0.3, -0.25) is 4.57 Å². The first-order valence-electron chi connectivity index (χ1n) is 3.74. The zero-order valence-corrected chi connectivity index (χ0v) is 8.50. The van der Waals surface area contributed by atoms with Gasteiger partial charge in [0.15, 0.2) is 0 Å². The van der Waals surface area contributed by atoms with Crippen molar-refractivity contribution in [3.05, 3.63) is 12.7 Å². The lowest BCUT2D eigenvalue weighted by molar-refractivity contribution is -0.882. The third kappa shape index (κ3) is 6.55. The Labute approximate surface area is 73.3 Å². The van der Waals surface area contributed by atoms with Crippen molar-refractivity contribution in [2.75, 3.05) is 33.3 Å². The molecule has 0 atom stereocenters. The molecule has 2 N–H and O–H groups in total. The molecule has 0 saturated carbocycles. The van der Waals surface area contributed by atoms with E-state index in [1.807, 2.05) is 14.1 Å². The van der Waals surface area contributed by atoms with Crippen molar-refractivity contribution in [2.45, 2.75) is 0 Å². The largest absolute Gasteiger partial charge is 0.331 e. The zero-order chi connectivity index (χ0) is 9.83. The molecule has 0 bridgehead atoms. The summed E-state index contributed by atoms with van der Waals surface area (Å²) in [5, 5.41) is 0. The molecular formula is C7H17NO3P+. The normalized spacial score (nSPS) is 13.0. The van der Waals surface area contributed by atoms with Gasteiger partial charge >= 0.3 is 7.60 Å². The van der Waals surface area contributed by atoms with E-state index in [0.29, 0.717) is 11.0 Å². The van der Waals surface area contributed by atoms with Crippen molar-refractivity contribution in [1.82, 2.24) is 0 Å². The SMILES string of the molecule is C=CC[N+](C)(C)CCP(=O)(O)O. The average molecular weight is 194 g/mol. The molecule has 0 spiro atoms. The van der Waals surface area contributed by atoms with E-state index in [2.05, 4.69) is 6.58 Å². The summed E-state index contributed by atoms with van der Waals surface area (Å²) in [7, 11) is -0.00769. The number of likely N-dealkylation sites (N-methyl/N-ethyl adjacent to an activating group) is 1. The molecule has 0 radical (unpaired) electrons. The van der Waals surface area contributed by atoms with E-state index in [4.69, 9.17) is 9.79 Å². The van der Waals surface area contributed by atoms with Gasteiger partial charge in [0.1, 0.15) is 0 Å². The predicted molar refractivity (Wildman–Crippen MR) is 49.0 cm³/mol. The summed E-state index contributed by atoms with van der Waals surface area (Å²) in [6, 6.07) is 0. The molecule has 0 aromatic carbocycles. The van der Waals surface area contributed by atoms with Crippen LogP contribution in [0.3, 0.4) is 0 Å². The molecule has 5 heteroatoms. The molecular weight excluding hydrogens is 177 g/mol. The Morgan fingerprint density at radius 1 is 1.50 bits per heavy atom. The van der Waals surface area contributed by atoms with Crippen LogP contribution in [0.15, 0.2) is 12.7 Å². The minimum Gasteiger partial charge on any atom is -0.325 e. The maximum atomic E-state index is 10.5. The lowest BCUT2D eigenvalue weighted by atomic mass is 10.4. The highest BCUT2D eigenvalue weighted by atomic mass is 31.2. The highest BCUT2D eigenvalue weighted by Gasteiger charge is 2.20. The van der Waals surface area contributed by atoms with Crippen molar-refractivity contribution < 1.29 is 18.8 Å². The molecule has 0 aliphatic rings. The number of hydrogen-bond acceptors (Lipinski definition) is 1. The lowest BCUT2D eigenvalue weighted by Gasteiger charge is -2.28. The van der Waals surface area contributed by atoms with Crippen LogP contribution >= 0.6 is 7.60 Å². The van der Waals surface area contributed by atoms with E-state index in [0.717, 1.165) is 6.54 Å². The molecule has 0 heterocycles. The summed E-state index contributed by atoms with van der Waals surface area (Å²) in [4.78, 5) is 17.2. The Morgan fingerprint density at radius 3 is 2.33 bits per heavy atom. The van der Waals surface area contributed by atoms with Gasteiger partial charge in [0.05, 0.1) is 33.3 Å². The quantitative estimate of drug-likeness (QED) is 0.379. The first-order valence-corrected chi connectivity index (χ1v) is 5.54. The van der Waals surface area contributed by atoms with E-state index in [-0.39, 0.29) is 6.16 Å². The summed E-state index contributed by atoms with van der Waals surface area (Å²) in [6.07, 6.45) is 1.69. The lowest BCUT2D eigenvalue weighted by Crippen LogP contribution is -2.41. The summed E-state index contributed by atoms with van der Waals surface area (Å²) in [5.41, 5.74) is 0. The minimum atomic E-state index is -3.84. The standard InChI is InChI=1S/C7H16NO3P/c1-4-5-8(2,3)6-7-12(9,10)11/h4H,1,5-7H2,2-3H3,(H-,9,10,11)/p+1. The van der Waals surface area contributed by atoms with Crippen LogP contribution in [0.2, 0.25) is 0 Å².